The molecule has 1 aromatic carbocycles. The van der Waals surface area contributed by atoms with E-state index in [-0.39, 0.29) is 5.92 Å². The highest BCUT2D eigenvalue weighted by Gasteiger charge is 2.27. The Hall–Kier alpha value is -2.11. The highest BCUT2D eigenvalue weighted by atomic mass is 16.6. The maximum absolute atomic E-state index is 10.5. The van der Waals surface area contributed by atoms with Crippen molar-refractivity contribution in [3.8, 4) is 11.5 Å². The van der Waals surface area contributed by atoms with E-state index in [1.807, 2.05) is 24.3 Å². The molecule has 1 aromatic heterocycles. The van der Waals surface area contributed by atoms with Gasteiger partial charge in [-0.25, -0.2) is 0 Å². The van der Waals surface area contributed by atoms with Gasteiger partial charge in [0.15, 0.2) is 11.5 Å². The van der Waals surface area contributed by atoms with E-state index in [4.69, 9.17) is 9.47 Å². The van der Waals surface area contributed by atoms with Crippen LogP contribution in [-0.2, 0) is 6.54 Å². The van der Waals surface area contributed by atoms with Crippen LogP contribution in [0.15, 0.2) is 42.6 Å². The van der Waals surface area contributed by atoms with Crippen molar-refractivity contribution in [2.75, 3.05) is 26.3 Å². The number of likely N-dealkylation sites (tertiary alicyclic amines) is 1. The number of ether oxygens (including phenoxy) is 2. The lowest BCUT2D eigenvalue weighted by Crippen LogP contribution is -2.35. The van der Waals surface area contributed by atoms with E-state index in [2.05, 4.69) is 22.0 Å². The highest BCUT2D eigenvalue weighted by Crippen LogP contribution is 2.33. The fourth-order valence-electron chi connectivity index (χ4n) is 3.66. The summed E-state index contributed by atoms with van der Waals surface area (Å²) in [7, 11) is 0. The van der Waals surface area contributed by atoms with Gasteiger partial charge in [-0.05, 0) is 61.7 Å². The third kappa shape index (κ3) is 3.78. The third-order valence-corrected chi connectivity index (χ3v) is 5.08. The second kappa shape index (κ2) is 7.42. The molecule has 1 fully saturated rings. The first-order valence-electron chi connectivity index (χ1n) is 8.99. The third-order valence-electron chi connectivity index (χ3n) is 5.08. The molecule has 4 rings (SSSR count). The fraction of sp³-hybridized carbons (Fsp3) is 0.450. The Labute approximate surface area is 148 Å². The largest absolute Gasteiger partial charge is 0.486 e. The molecular weight excluding hydrogens is 316 g/mol. The number of hydrogen-bond acceptors (Lipinski definition) is 5. The summed E-state index contributed by atoms with van der Waals surface area (Å²) in [6.07, 6.45) is 3.26. The van der Waals surface area contributed by atoms with Crippen LogP contribution in [0.2, 0.25) is 0 Å². The minimum atomic E-state index is -0.461. The van der Waals surface area contributed by atoms with Gasteiger partial charge in [0.05, 0.1) is 11.8 Å². The first-order valence-corrected chi connectivity index (χ1v) is 8.99. The van der Waals surface area contributed by atoms with E-state index in [0.717, 1.165) is 49.7 Å². The molecule has 2 aliphatic rings. The molecule has 1 atom stereocenters. The normalized spacial score (nSPS) is 19.6. The lowest BCUT2D eigenvalue weighted by atomic mass is 9.89. The van der Waals surface area contributed by atoms with Gasteiger partial charge in [0, 0.05) is 12.7 Å². The Balaban J connectivity index is 1.33. The molecule has 5 nitrogen and oxygen atoms in total. The average Bonchev–Trinajstić information content (AvgIpc) is 2.69. The Morgan fingerprint density at radius 2 is 1.88 bits per heavy atom. The Kier molecular flexibility index (Phi) is 4.85. The van der Waals surface area contributed by atoms with Crippen LogP contribution in [0.3, 0.4) is 0 Å². The van der Waals surface area contributed by atoms with Gasteiger partial charge in [0.1, 0.15) is 13.2 Å². The van der Waals surface area contributed by atoms with Crippen molar-refractivity contribution in [2.45, 2.75) is 25.5 Å². The summed E-state index contributed by atoms with van der Waals surface area (Å²) in [6, 6.07) is 11.9. The quantitative estimate of drug-likeness (QED) is 0.927. The number of nitrogens with zero attached hydrogens (tertiary/aromatic N) is 2. The summed E-state index contributed by atoms with van der Waals surface area (Å²) in [6.45, 7) is 4.13. The maximum Gasteiger partial charge on any atom is 0.161 e. The van der Waals surface area contributed by atoms with Crippen molar-refractivity contribution in [1.29, 1.82) is 0 Å². The molecule has 0 aliphatic carbocycles. The number of piperidine rings is 1. The molecule has 0 bridgehead atoms. The van der Waals surface area contributed by atoms with E-state index in [1.54, 1.807) is 6.20 Å². The van der Waals surface area contributed by atoms with Gasteiger partial charge >= 0.3 is 0 Å². The number of hydrogen-bond donors (Lipinski definition) is 1. The summed E-state index contributed by atoms with van der Waals surface area (Å²) in [5, 5.41) is 10.5. The van der Waals surface area contributed by atoms with Crippen molar-refractivity contribution in [3.63, 3.8) is 0 Å². The zero-order valence-electron chi connectivity index (χ0n) is 14.3. The number of aliphatic hydroxyl groups is 1. The molecule has 0 radical (unpaired) electrons. The molecule has 0 saturated carbocycles. The molecule has 5 heteroatoms. The second-order valence-electron chi connectivity index (χ2n) is 6.79. The highest BCUT2D eigenvalue weighted by molar-refractivity contribution is 5.43. The maximum atomic E-state index is 10.5. The molecule has 132 valence electrons. The predicted molar refractivity (Wildman–Crippen MR) is 94.6 cm³/mol. The number of benzene rings is 1. The second-order valence-corrected chi connectivity index (χ2v) is 6.79. The van der Waals surface area contributed by atoms with Gasteiger partial charge in [0.25, 0.3) is 0 Å². The van der Waals surface area contributed by atoms with Crippen molar-refractivity contribution < 1.29 is 14.6 Å². The fourth-order valence-corrected chi connectivity index (χ4v) is 3.66. The molecule has 1 unspecified atom stereocenters. The van der Waals surface area contributed by atoms with Crippen molar-refractivity contribution in [3.05, 3.63) is 53.9 Å². The van der Waals surface area contributed by atoms with Crippen LogP contribution >= 0.6 is 0 Å². The van der Waals surface area contributed by atoms with Gasteiger partial charge in [-0.2, -0.15) is 0 Å². The molecule has 3 heterocycles. The molecular formula is C20H24N2O3. The monoisotopic (exact) mass is 340 g/mol. The molecule has 1 saturated heterocycles. The smallest absolute Gasteiger partial charge is 0.161 e. The number of rotatable bonds is 4. The van der Waals surface area contributed by atoms with Crippen molar-refractivity contribution >= 4 is 0 Å². The van der Waals surface area contributed by atoms with Crippen LogP contribution in [0, 0.1) is 5.92 Å². The van der Waals surface area contributed by atoms with Gasteiger partial charge in [-0.1, -0.05) is 12.1 Å². The standard InChI is InChI=1S/C20H24N2O3/c23-20(17-3-1-2-8-21-17)16-6-9-22(10-7-16)14-15-4-5-18-19(13-15)25-12-11-24-18/h1-5,8,13,16,20,23H,6-7,9-12,14H2. The average molecular weight is 340 g/mol. The first kappa shape index (κ1) is 16.4. The molecule has 2 aliphatic heterocycles. The van der Waals surface area contributed by atoms with E-state index < -0.39 is 6.10 Å². The Morgan fingerprint density at radius 3 is 2.64 bits per heavy atom. The first-order chi connectivity index (χ1) is 12.3. The number of pyridine rings is 1. The topological polar surface area (TPSA) is 54.8 Å². The van der Waals surface area contributed by atoms with Gasteiger partial charge in [-0.15, -0.1) is 0 Å². The van der Waals surface area contributed by atoms with E-state index in [0.29, 0.717) is 13.2 Å². The minimum Gasteiger partial charge on any atom is -0.486 e. The van der Waals surface area contributed by atoms with E-state index >= 15 is 0 Å². The van der Waals surface area contributed by atoms with Crippen LogP contribution in [0.4, 0.5) is 0 Å². The predicted octanol–water partition coefficient (Wildman–Crippen LogP) is 2.80. The van der Waals surface area contributed by atoms with Crippen LogP contribution in [0.25, 0.3) is 0 Å². The lowest BCUT2D eigenvalue weighted by Gasteiger charge is -2.34. The number of fused-ring (bicyclic) bond motifs is 1. The minimum absolute atomic E-state index is 0.284. The molecule has 0 amide bonds. The van der Waals surface area contributed by atoms with Gasteiger partial charge < -0.3 is 14.6 Å². The summed E-state index contributed by atoms with van der Waals surface area (Å²) < 4.78 is 11.2. The lowest BCUT2D eigenvalue weighted by molar-refractivity contribution is 0.0539. The summed E-state index contributed by atoms with van der Waals surface area (Å²) >= 11 is 0. The molecule has 2 aromatic rings. The molecule has 1 N–H and O–H groups in total. The Bertz CT molecular complexity index is 699. The molecule has 25 heavy (non-hydrogen) atoms. The Morgan fingerprint density at radius 1 is 1.08 bits per heavy atom. The number of aliphatic hydroxyl groups excluding tert-OH is 1. The van der Waals surface area contributed by atoms with E-state index in [9.17, 15) is 5.11 Å². The van der Waals surface area contributed by atoms with Gasteiger partial charge in [0.2, 0.25) is 0 Å². The zero-order chi connectivity index (χ0) is 17.1. The van der Waals surface area contributed by atoms with Crippen LogP contribution < -0.4 is 9.47 Å². The summed E-state index contributed by atoms with van der Waals surface area (Å²) in [5.41, 5.74) is 2.03. The van der Waals surface area contributed by atoms with Crippen molar-refractivity contribution in [1.82, 2.24) is 9.88 Å². The zero-order valence-corrected chi connectivity index (χ0v) is 14.3. The van der Waals surface area contributed by atoms with Crippen LogP contribution in [-0.4, -0.2) is 41.3 Å². The SMILES string of the molecule is OC(c1ccccn1)C1CCN(Cc2ccc3c(c2)OCCO3)CC1. The summed E-state index contributed by atoms with van der Waals surface area (Å²) in [5.74, 6) is 1.97. The molecule has 0 spiro atoms. The van der Waals surface area contributed by atoms with E-state index in [1.165, 1.54) is 5.56 Å². The van der Waals surface area contributed by atoms with Crippen molar-refractivity contribution in [2.24, 2.45) is 5.92 Å². The number of aromatic nitrogens is 1. The van der Waals surface area contributed by atoms with Crippen LogP contribution in [0.5, 0.6) is 11.5 Å². The van der Waals surface area contributed by atoms with Gasteiger partial charge in [-0.3, -0.25) is 9.88 Å². The van der Waals surface area contributed by atoms with Crippen LogP contribution in [0.1, 0.15) is 30.2 Å². The summed E-state index contributed by atoms with van der Waals surface area (Å²) in [4.78, 5) is 6.73.